The van der Waals surface area contributed by atoms with Gasteiger partial charge in [0.2, 0.25) is 0 Å². The van der Waals surface area contributed by atoms with Crippen LogP contribution in [0.25, 0.3) is 10.9 Å². The van der Waals surface area contributed by atoms with E-state index in [9.17, 15) is 23.5 Å². The zero-order valence-electron chi connectivity index (χ0n) is 17.5. The van der Waals surface area contributed by atoms with Crippen molar-refractivity contribution in [1.82, 2.24) is 14.8 Å². The SMILES string of the molecule is CC12Cc3c([nH]c4ccc(OC(F)F)cc34)C(c3cccc(O)c3)N1C(=O)N(CCBr)C2=O. The minimum atomic E-state index is -2.96. The molecule has 5 rings (SSSR count). The van der Waals surface area contributed by atoms with Gasteiger partial charge in [-0.25, -0.2) is 4.79 Å². The van der Waals surface area contributed by atoms with Crippen LogP contribution >= 0.6 is 15.9 Å². The molecule has 0 aliphatic carbocycles. The number of H-pyrrole nitrogens is 1. The Labute approximate surface area is 196 Å². The van der Waals surface area contributed by atoms with E-state index < -0.39 is 24.2 Å². The first kappa shape index (κ1) is 21.7. The Morgan fingerprint density at radius 2 is 2.06 bits per heavy atom. The van der Waals surface area contributed by atoms with Crippen LogP contribution in [0, 0.1) is 0 Å². The number of carbonyl (C=O) groups excluding carboxylic acids is 2. The molecule has 1 fully saturated rings. The number of aromatic nitrogens is 1. The molecule has 2 aromatic carbocycles. The lowest BCUT2D eigenvalue weighted by Crippen LogP contribution is -2.53. The maximum atomic E-state index is 13.4. The summed E-state index contributed by atoms with van der Waals surface area (Å²) in [7, 11) is 0. The third kappa shape index (κ3) is 3.26. The number of aromatic amines is 1. The van der Waals surface area contributed by atoms with E-state index in [-0.39, 0.29) is 30.4 Å². The van der Waals surface area contributed by atoms with Crippen molar-refractivity contribution in [3.63, 3.8) is 0 Å². The van der Waals surface area contributed by atoms with Gasteiger partial charge in [-0.2, -0.15) is 8.78 Å². The van der Waals surface area contributed by atoms with Crippen LogP contribution in [0.1, 0.15) is 29.8 Å². The van der Waals surface area contributed by atoms with E-state index in [0.717, 1.165) is 5.56 Å². The molecule has 2 atom stereocenters. The molecule has 0 bridgehead atoms. The number of urea groups is 1. The smallest absolute Gasteiger partial charge is 0.387 e. The average Bonchev–Trinajstić information content (AvgIpc) is 3.20. The normalized spacial score (nSPS) is 22.3. The highest BCUT2D eigenvalue weighted by molar-refractivity contribution is 9.09. The highest BCUT2D eigenvalue weighted by atomic mass is 79.9. The molecule has 2 aliphatic rings. The zero-order valence-corrected chi connectivity index (χ0v) is 19.1. The fourth-order valence-corrected chi connectivity index (χ4v) is 5.35. The Balaban J connectivity index is 1.74. The highest BCUT2D eigenvalue weighted by Crippen LogP contribution is 2.49. The lowest BCUT2D eigenvalue weighted by molar-refractivity contribution is -0.133. The number of amides is 3. The van der Waals surface area contributed by atoms with Crippen LogP contribution in [-0.2, 0) is 11.2 Å². The first-order chi connectivity index (χ1) is 15.7. The molecule has 3 heterocycles. The number of halogens is 3. The fourth-order valence-electron chi connectivity index (χ4n) is 4.99. The number of carbonyl (C=O) groups is 2. The van der Waals surface area contributed by atoms with E-state index in [1.165, 1.54) is 23.1 Å². The molecular formula is C23H20BrF2N3O4. The van der Waals surface area contributed by atoms with Gasteiger partial charge >= 0.3 is 12.6 Å². The molecule has 7 nitrogen and oxygen atoms in total. The number of nitrogens with one attached hydrogen (secondary N) is 1. The van der Waals surface area contributed by atoms with Crippen molar-refractivity contribution in [3.05, 3.63) is 59.3 Å². The van der Waals surface area contributed by atoms with Crippen LogP contribution in [0.2, 0.25) is 0 Å². The number of ether oxygens (including phenoxy) is 1. The van der Waals surface area contributed by atoms with Gasteiger partial charge in [-0.1, -0.05) is 28.1 Å². The van der Waals surface area contributed by atoms with Crippen molar-refractivity contribution < 1.29 is 28.2 Å². The topological polar surface area (TPSA) is 85.9 Å². The number of hydrogen-bond acceptors (Lipinski definition) is 4. The van der Waals surface area contributed by atoms with Crippen molar-refractivity contribution in [2.75, 3.05) is 11.9 Å². The molecule has 0 saturated carbocycles. The van der Waals surface area contributed by atoms with E-state index in [4.69, 9.17) is 0 Å². The molecule has 3 amide bonds. The summed E-state index contributed by atoms with van der Waals surface area (Å²) in [5.41, 5.74) is 1.54. The first-order valence-corrected chi connectivity index (χ1v) is 11.5. The van der Waals surface area contributed by atoms with Gasteiger partial charge in [-0.3, -0.25) is 14.6 Å². The van der Waals surface area contributed by atoms with Gasteiger partial charge in [0.1, 0.15) is 23.1 Å². The quantitative estimate of drug-likeness (QED) is 0.382. The largest absolute Gasteiger partial charge is 0.508 e. The Morgan fingerprint density at radius 3 is 2.76 bits per heavy atom. The Hall–Kier alpha value is -3.14. The number of alkyl halides is 3. The van der Waals surface area contributed by atoms with Gasteiger partial charge in [0, 0.05) is 34.9 Å². The number of hydrogen-bond donors (Lipinski definition) is 2. The van der Waals surface area contributed by atoms with Gasteiger partial charge in [-0.05, 0) is 48.4 Å². The number of phenols is 1. The summed E-state index contributed by atoms with van der Waals surface area (Å²) in [5.74, 6) is -0.284. The van der Waals surface area contributed by atoms with E-state index in [2.05, 4.69) is 25.7 Å². The summed E-state index contributed by atoms with van der Waals surface area (Å²) in [4.78, 5) is 33.0. The lowest BCUT2D eigenvalue weighted by Gasteiger charge is -2.42. The Morgan fingerprint density at radius 1 is 1.27 bits per heavy atom. The number of rotatable bonds is 5. The molecule has 3 aromatic rings. The number of phenolic OH excluding ortho intramolecular Hbond substituents is 1. The van der Waals surface area contributed by atoms with E-state index >= 15 is 0 Å². The van der Waals surface area contributed by atoms with Crippen molar-refractivity contribution in [2.45, 2.75) is 31.5 Å². The summed E-state index contributed by atoms with van der Waals surface area (Å²) in [6, 6.07) is 10.0. The molecule has 1 saturated heterocycles. The monoisotopic (exact) mass is 519 g/mol. The van der Waals surface area contributed by atoms with Gasteiger partial charge in [-0.15, -0.1) is 0 Å². The predicted octanol–water partition coefficient (Wildman–Crippen LogP) is 4.54. The lowest BCUT2D eigenvalue weighted by atomic mass is 9.81. The van der Waals surface area contributed by atoms with Crippen LogP contribution < -0.4 is 4.74 Å². The van der Waals surface area contributed by atoms with E-state index in [1.807, 2.05) is 0 Å². The molecule has 0 radical (unpaired) electrons. The number of fused-ring (bicyclic) bond motifs is 4. The summed E-state index contributed by atoms with van der Waals surface area (Å²) in [6.45, 7) is -1.02. The van der Waals surface area contributed by atoms with Crippen LogP contribution in [0.5, 0.6) is 11.5 Å². The standard InChI is InChI=1S/C23H20BrF2N3O4/c1-23-11-16-15-10-14(33-21(25)26)5-6-17(15)27-18(16)19(12-3-2-4-13(30)9-12)29(23)22(32)28(8-7-24)20(23)31/h2-6,9-10,19,21,27,30H,7-8,11H2,1H3. The van der Waals surface area contributed by atoms with Gasteiger partial charge in [0.25, 0.3) is 5.91 Å². The average molecular weight is 520 g/mol. The Kier molecular flexibility index (Phi) is 5.08. The first-order valence-electron chi connectivity index (χ1n) is 10.3. The minimum Gasteiger partial charge on any atom is -0.508 e. The third-order valence-electron chi connectivity index (χ3n) is 6.36. The van der Waals surface area contributed by atoms with Crippen LogP contribution in [0.15, 0.2) is 42.5 Å². The van der Waals surface area contributed by atoms with E-state index in [1.54, 1.807) is 36.1 Å². The molecule has 10 heteroatoms. The second kappa shape index (κ2) is 7.72. The van der Waals surface area contributed by atoms with Crippen molar-refractivity contribution >= 4 is 38.8 Å². The molecule has 172 valence electrons. The van der Waals surface area contributed by atoms with Crippen LogP contribution in [-0.4, -0.2) is 55.9 Å². The zero-order chi connectivity index (χ0) is 23.5. The Bertz CT molecular complexity index is 1280. The van der Waals surface area contributed by atoms with Gasteiger partial charge < -0.3 is 14.8 Å². The fraction of sp³-hybridized carbons (Fsp3) is 0.304. The van der Waals surface area contributed by atoms with Crippen molar-refractivity contribution in [1.29, 1.82) is 0 Å². The van der Waals surface area contributed by atoms with Crippen molar-refractivity contribution in [2.24, 2.45) is 0 Å². The molecule has 2 N–H and O–H groups in total. The summed E-state index contributed by atoms with van der Waals surface area (Å²) in [6.07, 6.45) is 0.207. The molecule has 2 aliphatic heterocycles. The van der Waals surface area contributed by atoms with Crippen molar-refractivity contribution in [3.8, 4) is 11.5 Å². The third-order valence-corrected chi connectivity index (χ3v) is 6.71. The summed E-state index contributed by atoms with van der Waals surface area (Å²) < 4.78 is 30.2. The number of nitrogens with zero attached hydrogens (tertiary/aromatic N) is 2. The second-order valence-corrected chi connectivity index (χ2v) is 9.14. The molecule has 33 heavy (non-hydrogen) atoms. The maximum absolute atomic E-state index is 13.4. The number of benzene rings is 2. The minimum absolute atomic E-state index is 0.00975. The molecule has 0 spiro atoms. The predicted molar refractivity (Wildman–Crippen MR) is 120 cm³/mol. The number of aromatic hydroxyl groups is 1. The molecule has 2 unspecified atom stereocenters. The summed E-state index contributed by atoms with van der Waals surface area (Å²) in [5, 5.41) is 11.2. The van der Waals surface area contributed by atoms with Gasteiger partial charge in [0.05, 0.1) is 0 Å². The highest BCUT2D eigenvalue weighted by Gasteiger charge is 2.60. The van der Waals surface area contributed by atoms with Crippen LogP contribution in [0.3, 0.4) is 0 Å². The molecule has 1 aromatic heterocycles. The van der Waals surface area contributed by atoms with E-state index in [0.29, 0.717) is 27.5 Å². The van der Waals surface area contributed by atoms with Gasteiger partial charge in [0.15, 0.2) is 0 Å². The molecular weight excluding hydrogens is 500 g/mol. The summed E-state index contributed by atoms with van der Waals surface area (Å²) >= 11 is 3.30. The number of imide groups is 1. The van der Waals surface area contributed by atoms with Crippen LogP contribution in [0.4, 0.5) is 13.6 Å². The second-order valence-electron chi connectivity index (χ2n) is 8.35. The maximum Gasteiger partial charge on any atom is 0.387 e.